The van der Waals surface area contributed by atoms with Crippen molar-refractivity contribution in [1.29, 1.82) is 0 Å². The largest absolute Gasteiger partial charge is 0.397 e. The summed E-state index contributed by atoms with van der Waals surface area (Å²) in [7, 11) is 2.24. The number of nitrogen functional groups attached to an aromatic ring is 1. The van der Waals surface area contributed by atoms with Crippen LogP contribution in [-0.2, 0) is 0 Å². The topological polar surface area (TPSA) is 41.3 Å². The van der Waals surface area contributed by atoms with Crippen LogP contribution < -0.4 is 11.1 Å². The highest BCUT2D eigenvalue weighted by atomic mass is 127. The van der Waals surface area contributed by atoms with Crippen molar-refractivity contribution in [3.63, 3.8) is 0 Å². The van der Waals surface area contributed by atoms with Gasteiger partial charge in [-0.05, 0) is 61.4 Å². The third-order valence-corrected chi connectivity index (χ3v) is 5.62. The predicted molar refractivity (Wildman–Crippen MR) is 89.4 cm³/mol. The maximum absolute atomic E-state index is 13.7. The minimum Gasteiger partial charge on any atom is -0.397 e. The summed E-state index contributed by atoms with van der Waals surface area (Å²) in [6.07, 6.45) is 6.15. The summed E-state index contributed by atoms with van der Waals surface area (Å²) in [6, 6.07) is 4.97. The fourth-order valence-corrected chi connectivity index (χ4v) is 4.13. The molecular formula is C15H21FIN3. The van der Waals surface area contributed by atoms with Crippen LogP contribution in [0.5, 0.6) is 0 Å². The molecular weight excluding hydrogens is 368 g/mol. The summed E-state index contributed by atoms with van der Waals surface area (Å²) >= 11 is 1.97. The van der Waals surface area contributed by atoms with Gasteiger partial charge in [0, 0.05) is 24.2 Å². The summed E-state index contributed by atoms with van der Waals surface area (Å²) in [6.45, 7) is 0. The summed E-state index contributed by atoms with van der Waals surface area (Å²) in [4.78, 5) is 2.53. The van der Waals surface area contributed by atoms with Crippen LogP contribution in [0.15, 0.2) is 12.1 Å². The van der Waals surface area contributed by atoms with Crippen molar-refractivity contribution in [2.24, 2.45) is 0 Å². The van der Waals surface area contributed by atoms with Crippen molar-refractivity contribution < 1.29 is 4.39 Å². The molecule has 5 heteroatoms. The maximum Gasteiger partial charge on any atom is 0.138 e. The molecule has 0 aliphatic carbocycles. The molecule has 2 bridgehead atoms. The number of fused-ring (bicyclic) bond motifs is 2. The standard InChI is InChI=1S/C15H21FIN3/c1-20-10-3-2-4-11(20)6-9(5-10)19-15-7-12(16)13(17)8-14(15)18/h7-11,19H,2-6,18H2,1H3. The van der Waals surface area contributed by atoms with Crippen LogP contribution in [0.3, 0.4) is 0 Å². The van der Waals surface area contributed by atoms with Crippen LogP contribution in [0.1, 0.15) is 32.1 Å². The first-order valence-electron chi connectivity index (χ1n) is 7.27. The fourth-order valence-electron chi connectivity index (χ4n) is 3.64. The second kappa shape index (κ2) is 5.67. The van der Waals surface area contributed by atoms with Crippen molar-refractivity contribution in [3.8, 4) is 0 Å². The highest BCUT2D eigenvalue weighted by molar-refractivity contribution is 14.1. The van der Waals surface area contributed by atoms with Gasteiger partial charge in [-0.25, -0.2) is 4.39 Å². The molecule has 0 saturated carbocycles. The minimum atomic E-state index is -0.199. The van der Waals surface area contributed by atoms with Gasteiger partial charge in [0.2, 0.25) is 0 Å². The number of benzene rings is 1. The molecule has 2 fully saturated rings. The van der Waals surface area contributed by atoms with E-state index in [0.717, 1.165) is 18.5 Å². The highest BCUT2D eigenvalue weighted by Gasteiger charge is 2.36. The molecule has 0 aromatic heterocycles. The molecule has 20 heavy (non-hydrogen) atoms. The Morgan fingerprint density at radius 3 is 2.60 bits per heavy atom. The van der Waals surface area contributed by atoms with Gasteiger partial charge in [-0.15, -0.1) is 0 Å². The maximum atomic E-state index is 13.7. The zero-order valence-corrected chi connectivity index (χ0v) is 13.9. The monoisotopic (exact) mass is 389 g/mol. The van der Waals surface area contributed by atoms with Crippen LogP contribution >= 0.6 is 22.6 Å². The first-order valence-corrected chi connectivity index (χ1v) is 8.35. The first-order chi connectivity index (χ1) is 9.54. The summed E-state index contributed by atoms with van der Waals surface area (Å²) in [5.74, 6) is -0.199. The number of piperidine rings is 2. The predicted octanol–water partition coefficient (Wildman–Crippen LogP) is 3.44. The molecule has 1 aromatic carbocycles. The molecule has 0 radical (unpaired) electrons. The normalized spacial score (nSPS) is 30.2. The van der Waals surface area contributed by atoms with Gasteiger partial charge in [0.25, 0.3) is 0 Å². The average Bonchev–Trinajstić information content (AvgIpc) is 2.37. The van der Waals surface area contributed by atoms with E-state index in [2.05, 4.69) is 17.3 Å². The molecule has 110 valence electrons. The number of halogens is 2. The summed E-state index contributed by atoms with van der Waals surface area (Å²) < 4.78 is 14.3. The van der Waals surface area contributed by atoms with E-state index in [0.29, 0.717) is 27.4 Å². The lowest BCUT2D eigenvalue weighted by molar-refractivity contribution is 0.0608. The molecule has 2 atom stereocenters. The van der Waals surface area contributed by atoms with Gasteiger partial charge in [0.05, 0.1) is 14.9 Å². The zero-order chi connectivity index (χ0) is 14.3. The van der Waals surface area contributed by atoms with Crippen molar-refractivity contribution in [3.05, 3.63) is 21.5 Å². The molecule has 3 rings (SSSR count). The van der Waals surface area contributed by atoms with E-state index in [1.165, 1.54) is 25.3 Å². The van der Waals surface area contributed by atoms with Crippen molar-refractivity contribution in [2.45, 2.75) is 50.2 Å². The van der Waals surface area contributed by atoms with E-state index in [-0.39, 0.29) is 5.82 Å². The number of hydrogen-bond donors (Lipinski definition) is 2. The second-order valence-electron chi connectivity index (χ2n) is 6.07. The molecule has 0 amide bonds. The van der Waals surface area contributed by atoms with Gasteiger partial charge < -0.3 is 16.0 Å². The lowest BCUT2D eigenvalue weighted by atomic mass is 9.82. The summed E-state index contributed by atoms with van der Waals surface area (Å²) in [5, 5.41) is 3.47. The van der Waals surface area contributed by atoms with E-state index in [9.17, 15) is 4.39 Å². The third-order valence-electron chi connectivity index (χ3n) is 4.79. The van der Waals surface area contributed by atoms with E-state index >= 15 is 0 Å². The Hall–Kier alpha value is -0.560. The van der Waals surface area contributed by atoms with E-state index in [1.807, 2.05) is 22.6 Å². The van der Waals surface area contributed by atoms with E-state index in [4.69, 9.17) is 5.73 Å². The molecule has 2 unspecified atom stereocenters. The molecule has 2 heterocycles. The molecule has 3 nitrogen and oxygen atoms in total. The Labute approximate surface area is 133 Å². The number of nitrogens with one attached hydrogen (secondary N) is 1. The number of rotatable bonds is 2. The molecule has 1 aromatic rings. The fraction of sp³-hybridized carbons (Fsp3) is 0.600. The van der Waals surface area contributed by atoms with Crippen LogP contribution in [-0.4, -0.2) is 30.1 Å². The Balaban J connectivity index is 1.74. The number of nitrogens with zero attached hydrogens (tertiary/aromatic N) is 1. The minimum absolute atomic E-state index is 0.199. The van der Waals surface area contributed by atoms with E-state index < -0.39 is 0 Å². The van der Waals surface area contributed by atoms with Crippen molar-refractivity contribution in [1.82, 2.24) is 4.90 Å². The van der Waals surface area contributed by atoms with Crippen LogP contribution in [0, 0.1) is 9.39 Å². The van der Waals surface area contributed by atoms with Gasteiger partial charge >= 0.3 is 0 Å². The van der Waals surface area contributed by atoms with Crippen molar-refractivity contribution >= 4 is 34.0 Å². The highest BCUT2D eigenvalue weighted by Crippen LogP contribution is 2.35. The summed E-state index contributed by atoms with van der Waals surface area (Å²) in [5.41, 5.74) is 7.39. The number of anilines is 2. The number of hydrogen-bond acceptors (Lipinski definition) is 3. The number of nitrogens with two attached hydrogens (primary N) is 1. The van der Waals surface area contributed by atoms with Crippen LogP contribution in [0.25, 0.3) is 0 Å². The lowest BCUT2D eigenvalue weighted by Gasteiger charge is -2.47. The molecule has 2 aliphatic heterocycles. The Morgan fingerprint density at radius 2 is 1.95 bits per heavy atom. The Morgan fingerprint density at radius 1 is 1.30 bits per heavy atom. The lowest BCUT2D eigenvalue weighted by Crippen LogP contribution is -2.52. The van der Waals surface area contributed by atoms with Gasteiger partial charge in [0.1, 0.15) is 5.82 Å². The Bertz CT molecular complexity index is 494. The van der Waals surface area contributed by atoms with Crippen LogP contribution in [0.4, 0.5) is 15.8 Å². The second-order valence-corrected chi connectivity index (χ2v) is 7.23. The zero-order valence-electron chi connectivity index (χ0n) is 11.7. The van der Waals surface area contributed by atoms with E-state index in [1.54, 1.807) is 6.07 Å². The van der Waals surface area contributed by atoms with Gasteiger partial charge in [-0.2, -0.15) is 0 Å². The first kappa shape index (κ1) is 14.4. The molecule has 3 N–H and O–H groups in total. The third kappa shape index (κ3) is 2.74. The molecule has 2 saturated heterocycles. The molecule has 2 aliphatic rings. The SMILES string of the molecule is CN1C2CCCC1CC(Nc1cc(F)c(I)cc1N)C2. The van der Waals surface area contributed by atoms with Gasteiger partial charge in [0.15, 0.2) is 0 Å². The van der Waals surface area contributed by atoms with Gasteiger partial charge in [-0.3, -0.25) is 0 Å². The van der Waals surface area contributed by atoms with Crippen molar-refractivity contribution in [2.75, 3.05) is 18.1 Å². The smallest absolute Gasteiger partial charge is 0.138 e. The van der Waals surface area contributed by atoms with Crippen LogP contribution in [0.2, 0.25) is 0 Å². The molecule has 0 spiro atoms. The Kier molecular flexibility index (Phi) is 4.08. The average molecular weight is 389 g/mol. The van der Waals surface area contributed by atoms with Gasteiger partial charge in [-0.1, -0.05) is 6.42 Å². The quantitative estimate of drug-likeness (QED) is 0.602.